The molecule has 13 nitrogen and oxygen atoms in total. The van der Waals surface area contributed by atoms with E-state index in [9.17, 15) is 29.2 Å². The van der Waals surface area contributed by atoms with Crippen LogP contribution in [0.2, 0.25) is 0 Å². The van der Waals surface area contributed by atoms with Crippen molar-refractivity contribution < 1.29 is 47.3 Å². The van der Waals surface area contributed by atoms with Crippen LogP contribution in [0.15, 0.2) is 57.9 Å². The fourth-order valence-corrected chi connectivity index (χ4v) is 4.97. The van der Waals surface area contributed by atoms with Crippen LogP contribution in [0.1, 0.15) is 45.0 Å². The third-order valence-electron chi connectivity index (χ3n) is 6.71. The molecule has 0 N–H and O–H groups in total. The van der Waals surface area contributed by atoms with Gasteiger partial charge in [-0.15, -0.1) is 0 Å². The zero-order valence-corrected chi connectivity index (χ0v) is 24.6. The molecule has 1 aliphatic heterocycles. The van der Waals surface area contributed by atoms with Gasteiger partial charge in [-0.1, -0.05) is 29.8 Å². The summed E-state index contributed by atoms with van der Waals surface area (Å²) >= 11 is 0. The maximum Gasteiger partial charge on any atom is 0.303 e. The summed E-state index contributed by atoms with van der Waals surface area (Å²) in [7, 11) is 0. The molecule has 1 fully saturated rings. The Kier molecular flexibility index (Phi) is 9.65. The molecule has 0 radical (unpaired) electrons. The van der Waals surface area contributed by atoms with Crippen LogP contribution < -0.4 is 5.56 Å². The number of esters is 4. The van der Waals surface area contributed by atoms with E-state index in [1.807, 2.05) is 25.1 Å². The molecule has 230 valence electrons. The highest BCUT2D eigenvalue weighted by atomic mass is 16.7. The van der Waals surface area contributed by atoms with Gasteiger partial charge in [0, 0.05) is 33.3 Å². The van der Waals surface area contributed by atoms with Crippen LogP contribution in [-0.2, 0) is 42.9 Å². The predicted molar refractivity (Wildman–Crippen MR) is 150 cm³/mol. The van der Waals surface area contributed by atoms with E-state index in [0.717, 1.165) is 37.8 Å². The summed E-state index contributed by atoms with van der Waals surface area (Å²) in [5.41, 5.74) is 0.690. The Balaban J connectivity index is 2.04. The van der Waals surface area contributed by atoms with Gasteiger partial charge in [0.15, 0.2) is 24.5 Å². The first-order valence-corrected chi connectivity index (χ1v) is 13.5. The number of nitriles is 1. The molecule has 5 atom stereocenters. The van der Waals surface area contributed by atoms with Gasteiger partial charge in [0.05, 0.1) is 12.0 Å². The second-order valence-electron chi connectivity index (χ2n) is 10.0. The van der Waals surface area contributed by atoms with Crippen LogP contribution in [0.4, 0.5) is 0 Å². The van der Waals surface area contributed by atoms with Gasteiger partial charge in [0.25, 0.3) is 5.56 Å². The Hall–Kier alpha value is -5.22. The molecule has 4 rings (SSSR count). The molecule has 0 amide bonds. The minimum Gasteiger partial charge on any atom is -0.464 e. The Morgan fingerprint density at radius 3 is 2.05 bits per heavy atom. The van der Waals surface area contributed by atoms with Crippen molar-refractivity contribution in [1.82, 2.24) is 4.57 Å². The van der Waals surface area contributed by atoms with Crippen LogP contribution in [-0.4, -0.2) is 59.5 Å². The number of nitrogens with zero attached hydrogens (tertiary/aromatic N) is 2. The molecule has 3 aromatic rings. The average molecular weight is 607 g/mol. The Morgan fingerprint density at radius 1 is 0.886 bits per heavy atom. The number of hydrogen-bond acceptors (Lipinski definition) is 12. The fraction of sp³-hybridized carbons (Fsp3) is 0.355. The van der Waals surface area contributed by atoms with E-state index < -0.39 is 66.7 Å². The lowest BCUT2D eigenvalue weighted by Gasteiger charge is -2.45. The number of pyridine rings is 1. The molecule has 3 heterocycles. The Morgan fingerprint density at radius 2 is 1.50 bits per heavy atom. The molecule has 13 heteroatoms. The van der Waals surface area contributed by atoms with Crippen molar-refractivity contribution in [2.75, 3.05) is 6.61 Å². The molecule has 1 aromatic carbocycles. The second kappa shape index (κ2) is 13.4. The number of carbonyl (C=O) groups is 4. The number of benzene rings is 1. The first-order chi connectivity index (χ1) is 20.9. The van der Waals surface area contributed by atoms with Gasteiger partial charge in [-0.3, -0.25) is 28.5 Å². The van der Waals surface area contributed by atoms with E-state index in [0.29, 0.717) is 5.56 Å². The number of carbonyl (C=O) groups excluding carboxylic acids is 4. The average Bonchev–Trinajstić information content (AvgIpc) is 3.49. The molecule has 2 aromatic heterocycles. The fourth-order valence-electron chi connectivity index (χ4n) is 4.97. The van der Waals surface area contributed by atoms with Crippen molar-refractivity contribution in [2.24, 2.45) is 0 Å². The summed E-state index contributed by atoms with van der Waals surface area (Å²) in [6.07, 6.45) is -6.00. The second-order valence-corrected chi connectivity index (χ2v) is 10.0. The van der Waals surface area contributed by atoms with E-state index in [1.54, 1.807) is 30.3 Å². The molecule has 0 spiro atoms. The zero-order chi connectivity index (χ0) is 32.1. The van der Waals surface area contributed by atoms with E-state index in [-0.39, 0.29) is 22.6 Å². The van der Waals surface area contributed by atoms with Crippen LogP contribution >= 0.6 is 0 Å². The molecule has 0 aliphatic carbocycles. The van der Waals surface area contributed by atoms with E-state index in [2.05, 4.69) is 0 Å². The van der Waals surface area contributed by atoms with Gasteiger partial charge in [-0.25, -0.2) is 0 Å². The first kappa shape index (κ1) is 31.7. The summed E-state index contributed by atoms with van der Waals surface area (Å²) in [5.74, 6) is -2.90. The highest BCUT2D eigenvalue weighted by Crippen LogP contribution is 2.38. The van der Waals surface area contributed by atoms with Crippen LogP contribution in [0, 0.1) is 18.3 Å². The Labute approximate surface area is 251 Å². The monoisotopic (exact) mass is 606 g/mol. The zero-order valence-electron chi connectivity index (χ0n) is 24.6. The van der Waals surface area contributed by atoms with Crippen molar-refractivity contribution in [3.8, 4) is 28.7 Å². The quantitative estimate of drug-likeness (QED) is 0.271. The van der Waals surface area contributed by atoms with Crippen LogP contribution in [0.5, 0.6) is 0 Å². The number of ether oxygens (including phenoxy) is 5. The molecular weight excluding hydrogens is 576 g/mol. The van der Waals surface area contributed by atoms with Gasteiger partial charge < -0.3 is 28.1 Å². The number of rotatable bonds is 8. The lowest BCUT2D eigenvalue weighted by atomic mass is 9.95. The normalized spacial score (nSPS) is 21.0. The number of furan rings is 1. The maximum absolute atomic E-state index is 14.3. The predicted octanol–water partition coefficient (Wildman–Crippen LogP) is 3.21. The lowest BCUT2D eigenvalue weighted by Crippen LogP contribution is -2.61. The molecule has 0 bridgehead atoms. The van der Waals surface area contributed by atoms with Crippen LogP contribution in [0.25, 0.3) is 22.6 Å². The molecule has 5 unspecified atom stereocenters. The van der Waals surface area contributed by atoms with Gasteiger partial charge in [0.1, 0.15) is 30.1 Å². The van der Waals surface area contributed by atoms with Crippen molar-refractivity contribution in [1.29, 1.82) is 5.26 Å². The molecule has 44 heavy (non-hydrogen) atoms. The third kappa shape index (κ3) is 6.87. The minimum atomic E-state index is -1.57. The highest BCUT2D eigenvalue weighted by molar-refractivity contribution is 5.73. The van der Waals surface area contributed by atoms with Gasteiger partial charge in [-0.05, 0) is 30.7 Å². The summed E-state index contributed by atoms with van der Waals surface area (Å²) in [4.78, 5) is 62.9. The van der Waals surface area contributed by atoms with Crippen molar-refractivity contribution in [2.45, 2.75) is 65.3 Å². The maximum atomic E-state index is 14.3. The van der Waals surface area contributed by atoms with Gasteiger partial charge in [0.2, 0.25) is 0 Å². The van der Waals surface area contributed by atoms with Crippen LogP contribution in [0.3, 0.4) is 0 Å². The van der Waals surface area contributed by atoms with Gasteiger partial charge >= 0.3 is 23.9 Å². The minimum absolute atomic E-state index is 0.194. The summed E-state index contributed by atoms with van der Waals surface area (Å²) in [6.45, 7) is 5.84. The van der Waals surface area contributed by atoms with E-state index in [1.165, 1.54) is 6.26 Å². The largest absolute Gasteiger partial charge is 0.464 e. The standard InChI is InChI=1S/C31H30N2O11/c1-16-8-10-21(11-9-16)24-13-22(25-7-6-12-39-25)23(14-32)30(38)33(24)31-29(43-20(5)37)28(42-19(4)36)27(41-18(3)35)26(44-31)15-40-17(2)34/h6-13,26-29,31H,15H2,1-5H3. The number of aromatic nitrogens is 1. The van der Waals surface area contributed by atoms with E-state index in [4.69, 9.17) is 28.1 Å². The number of hydrogen-bond donors (Lipinski definition) is 0. The SMILES string of the molecule is CC(=O)OCC1OC(n2c(-c3ccc(C)cc3)cc(-c3ccco3)c(C#N)c2=O)C(OC(C)=O)C(OC(C)=O)C1OC(C)=O. The van der Waals surface area contributed by atoms with Crippen molar-refractivity contribution >= 4 is 23.9 Å². The topological polar surface area (TPSA) is 173 Å². The highest BCUT2D eigenvalue weighted by Gasteiger charge is 2.53. The van der Waals surface area contributed by atoms with E-state index >= 15 is 0 Å². The molecule has 0 saturated carbocycles. The summed E-state index contributed by atoms with van der Waals surface area (Å²) in [6, 6.07) is 13.8. The third-order valence-corrected chi connectivity index (χ3v) is 6.71. The first-order valence-electron chi connectivity index (χ1n) is 13.5. The molecule has 1 saturated heterocycles. The molecular formula is C31H30N2O11. The number of aryl methyl sites for hydroxylation is 1. The van der Waals surface area contributed by atoms with Crippen molar-refractivity contribution in [3.05, 3.63) is 70.2 Å². The lowest BCUT2D eigenvalue weighted by molar-refractivity contribution is -0.268. The summed E-state index contributed by atoms with van der Waals surface area (Å²) < 4.78 is 34.6. The smallest absolute Gasteiger partial charge is 0.303 e. The Bertz CT molecular complexity index is 1650. The molecule has 1 aliphatic rings. The summed E-state index contributed by atoms with van der Waals surface area (Å²) in [5, 5.41) is 10.1. The van der Waals surface area contributed by atoms with Gasteiger partial charge in [-0.2, -0.15) is 5.26 Å². The van der Waals surface area contributed by atoms with Crippen molar-refractivity contribution in [3.63, 3.8) is 0 Å².